The second-order valence-electron chi connectivity index (χ2n) is 4.39. The number of carbonyl (C=O) groups is 1. The molecule has 2 N–H and O–H groups in total. The third kappa shape index (κ3) is 2.66. The molecule has 2 rings (SSSR count). The number of nitrogens with two attached hydrogens (primary N) is 1. The first-order chi connectivity index (χ1) is 9.17. The molecule has 0 bridgehead atoms. The normalized spacial score (nSPS) is 21.7. The summed E-state index contributed by atoms with van der Waals surface area (Å²) in [7, 11) is -6.32. The van der Waals surface area contributed by atoms with Gasteiger partial charge >= 0.3 is 0 Å². The lowest BCUT2D eigenvalue weighted by Crippen LogP contribution is -2.31. The zero-order valence-corrected chi connectivity index (χ0v) is 13.0. The number of sulfone groups is 1. The molecule has 1 aromatic heterocycles. The molecule has 0 amide bonds. The van der Waals surface area contributed by atoms with Crippen molar-refractivity contribution >= 4 is 37.0 Å². The number of primary sulfonamides is 1. The van der Waals surface area contributed by atoms with Crippen LogP contribution in [0.4, 0.5) is 0 Å². The van der Waals surface area contributed by atoms with E-state index in [9.17, 15) is 21.6 Å². The van der Waals surface area contributed by atoms with Crippen molar-refractivity contribution in [3.8, 4) is 0 Å². The molecule has 2 heterocycles. The lowest BCUT2D eigenvalue weighted by molar-refractivity contribution is 0.0969. The van der Waals surface area contributed by atoms with E-state index in [4.69, 9.17) is 9.88 Å². The number of Topliss-reactive ketones (excluding diaryl/α,β-unsaturated/α-hetero) is 1. The summed E-state index contributed by atoms with van der Waals surface area (Å²) >= 11 is 0.528. The van der Waals surface area contributed by atoms with Crippen molar-refractivity contribution in [3.63, 3.8) is 0 Å². The number of ether oxygens (including phenoxy) is 1. The number of ketones is 1. The highest BCUT2D eigenvalue weighted by atomic mass is 32.3. The Bertz CT molecular complexity index is 746. The van der Waals surface area contributed by atoms with E-state index in [0.29, 0.717) is 11.3 Å². The summed E-state index contributed by atoms with van der Waals surface area (Å²) in [6.45, 7) is 0.208. The summed E-state index contributed by atoms with van der Waals surface area (Å²) in [6, 6.07) is 1.04. The van der Waals surface area contributed by atoms with Crippen LogP contribution in [0.1, 0.15) is 23.2 Å². The zero-order valence-electron chi connectivity index (χ0n) is 10.5. The summed E-state index contributed by atoms with van der Waals surface area (Å²) in [5.41, 5.74) is -0.0762. The van der Waals surface area contributed by atoms with Gasteiger partial charge in [-0.3, -0.25) is 4.79 Å². The first kappa shape index (κ1) is 15.6. The van der Waals surface area contributed by atoms with Gasteiger partial charge in [0.1, 0.15) is 8.42 Å². The molecule has 7 nitrogen and oxygen atoms in total. The predicted molar refractivity (Wildman–Crippen MR) is 72.1 cm³/mol. The van der Waals surface area contributed by atoms with Gasteiger partial charge in [-0.15, -0.1) is 11.3 Å². The maximum Gasteiger partial charge on any atom is 0.247 e. The molecule has 112 valence electrons. The molecule has 0 aliphatic carbocycles. The average molecular weight is 339 g/mol. The maximum atomic E-state index is 12.4. The van der Waals surface area contributed by atoms with Crippen LogP contribution in [0, 0.1) is 0 Å². The second-order valence-corrected chi connectivity index (χ2v) is 9.65. The molecule has 0 saturated heterocycles. The topological polar surface area (TPSA) is 121 Å². The van der Waals surface area contributed by atoms with E-state index in [2.05, 4.69) is 0 Å². The van der Waals surface area contributed by atoms with E-state index in [-0.39, 0.29) is 39.2 Å². The molecule has 0 aromatic carbocycles. The van der Waals surface area contributed by atoms with E-state index in [1.54, 1.807) is 0 Å². The number of methoxy groups -OCH3 is 1. The van der Waals surface area contributed by atoms with Crippen molar-refractivity contribution in [1.82, 2.24) is 0 Å². The fourth-order valence-electron chi connectivity index (χ4n) is 1.98. The van der Waals surface area contributed by atoms with Gasteiger partial charge in [-0.1, -0.05) is 0 Å². The minimum atomic E-state index is -4.03. The van der Waals surface area contributed by atoms with Crippen LogP contribution in [0.5, 0.6) is 0 Å². The molecule has 1 unspecified atom stereocenters. The molecular formula is C10H13NO6S3. The third-order valence-electron chi connectivity index (χ3n) is 3.01. The number of sulfonamides is 1. The van der Waals surface area contributed by atoms with Gasteiger partial charge in [0, 0.05) is 25.7 Å². The van der Waals surface area contributed by atoms with Crippen molar-refractivity contribution < 1.29 is 26.4 Å². The van der Waals surface area contributed by atoms with Gasteiger partial charge in [0.2, 0.25) is 10.0 Å². The number of rotatable bonds is 4. The summed E-state index contributed by atoms with van der Waals surface area (Å²) in [5, 5.41) is 4.09. The van der Waals surface area contributed by atoms with Crippen LogP contribution in [-0.4, -0.2) is 41.6 Å². The maximum absolute atomic E-state index is 12.4. The minimum absolute atomic E-state index is 0.0762. The Morgan fingerprint density at radius 3 is 2.70 bits per heavy atom. The third-order valence-corrected chi connectivity index (χ3v) is 8.32. The predicted octanol–water partition coefficient (Wildman–Crippen LogP) is 0.161. The van der Waals surface area contributed by atoms with Crippen molar-refractivity contribution in [1.29, 1.82) is 0 Å². The lowest BCUT2D eigenvalue weighted by atomic mass is 10.1. The van der Waals surface area contributed by atoms with Gasteiger partial charge in [-0.25, -0.2) is 22.0 Å². The van der Waals surface area contributed by atoms with Crippen LogP contribution in [-0.2, 0) is 24.6 Å². The zero-order chi connectivity index (χ0) is 15.1. The number of hydrogen-bond acceptors (Lipinski definition) is 7. The highest BCUT2D eigenvalue weighted by molar-refractivity contribution is 7.95. The standard InChI is InChI=1S/C10H13NO6S3/c1-17-3-2-6-4-8(12)7-5-9(20(11,15)16)18-10(7)19(6,13)14/h5-6H,2-4H2,1H3,(H2,11,15,16). The van der Waals surface area contributed by atoms with Crippen molar-refractivity contribution in [3.05, 3.63) is 11.6 Å². The Morgan fingerprint density at radius 2 is 2.15 bits per heavy atom. The summed E-state index contributed by atoms with van der Waals surface area (Å²) in [4.78, 5) is 12.0. The Balaban J connectivity index is 2.54. The average Bonchev–Trinajstić information content (AvgIpc) is 2.78. The number of fused-ring (bicyclic) bond motifs is 1. The van der Waals surface area contributed by atoms with E-state index in [0.717, 1.165) is 6.07 Å². The summed E-state index contributed by atoms with van der Waals surface area (Å²) in [6.07, 6.45) is 0.0199. The minimum Gasteiger partial charge on any atom is -0.385 e. The van der Waals surface area contributed by atoms with Crippen molar-refractivity contribution in [2.45, 2.75) is 26.5 Å². The highest BCUT2D eigenvalue weighted by Crippen LogP contribution is 2.38. The van der Waals surface area contributed by atoms with E-state index < -0.39 is 25.1 Å². The van der Waals surface area contributed by atoms with Crippen LogP contribution in [0.2, 0.25) is 0 Å². The molecule has 1 atom stereocenters. The van der Waals surface area contributed by atoms with Gasteiger partial charge in [0.25, 0.3) is 0 Å². The van der Waals surface area contributed by atoms with Gasteiger partial charge < -0.3 is 4.74 Å². The Labute approximate surface area is 120 Å². The Hall–Kier alpha value is -0.810. The SMILES string of the molecule is COCCC1CC(=O)c2cc(S(N)(=O)=O)sc2S1(=O)=O. The molecule has 0 fully saturated rings. The number of thiophene rings is 1. The van der Waals surface area contributed by atoms with Gasteiger partial charge in [0.05, 0.1) is 5.25 Å². The van der Waals surface area contributed by atoms with Gasteiger partial charge in [-0.2, -0.15) is 0 Å². The van der Waals surface area contributed by atoms with E-state index in [1.807, 2.05) is 0 Å². The fraction of sp³-hybridized carbons (Fsp3) is 0.500. The quantitative estimate of drug-likeness (QED) is 0.834. The van der Waals surface area contributed by atoms with Crippen molar-refractivity contribution in [2.75, 3.05) is 13.7 Å². The molecule has 0 spiro atoms. The Kier molecular flexibility index (Phi) is 4.04. The van der Waals surface area contributed by atoms with Crippen LogP contribution in [0.25, 0.3) is 0 Å². The fourth-order valence-corrected chi connectivity index (χ4v) is 6.48. The first-order valence-electron chi connectivity index (χ1n) is 5.60. The smallest absolute Gasteiger partial charge is 0.247 e. The molecule has 1 aliphatic heterocycles. The largest absolute Gasteiger partial charge is 0.385 e. The molecule has 1 aromatic rings. The Morgan fingerprint density at radius 1 is 1.50 bits per heavy atom. The molecule has 0 saturated carbocycles. The van der Waals surface area contributed by atoms with Crippen LogP contribution < -0.4 is 5.14 Å². The lowest BCUT2D eigenvalue weighted by Gasteiger charge is -2.20. The summed E-state index contributed by atoms with van der Waals surface area (Å²) in [5.74, 6) is -0.387. The van der Waals surface area contributed by atoms with Crippen LogP contribution in [0.15, 0.2) is 14.5 Å². The van der Waals surface area contributed by atoms with E-state index >= 15 is 0 Å². The molecule has 20 heavy (non-hydrogen) atoms. The van der Waals surface area contributed by atoms with Gasteiger partial charge in [0.15, 0.2) is 15.6 Å². The van der Waals surface area contributed by atoms with Crippen LogP contribution >= 0.6 is 11.3 Å². The number of carbonyl (C=O) groups excluding carboxylic acids is 1. The summed E-state index contributed by atoms with van der Waals surface area (Å²) < 4.78 is 51.6. The monoisotopic (exact) mass is 339 g/mol. The van der Waals surface area contributed by atoms with Crippen molar-refractivity contribution in [2.24, 2.45) is 5.14 Å². The first-order valence-corrected chi connectivity index (χ1v) is 9.51. The van der Waals surface area contributed by atoms with E-state index in [1.165, 1.54) is 7.11 Å². The number of hydrogen-bond donors (Lipinski definition) is 1. The van der Waals surface area contributed by atoms with Gasteiger partial charge in [-0.05, 0) is 12.5 Å². The molecule has 0 radical (unpaired) electrons. The highest BCUT2D eigenvalue weighted by Gasteiger charge is 2.40. The molecular weight excluding hydrogens is 326 g/mol. The second kappa shape index (κ2) is 5.19. The van der Waals surface area contributed by atoms with Crippen LogP contribution in [0.3, 0.4) is 0 Å². The molecule has 1 aliphatic rings. The molecule has 10 heteroatoms.